The molecule has 0 bridgehead atoms. The van der Waals surface area contributed by atoms with E-state index in [1.165, 1.54) is 5.56 Å². The summed E-state index contributed by atoms with van der Waals surface area (Å²) in [5.41, 5.74) is 2.30. The summed E-state index contributed by atoms with van der Waals surface area (Å²) in [6.45, 7) is 7.66. The molecule has 118 valence electrons. The van der Waals surface area contributed by atoms with Crippen LogP contribution in [-0.4, -0.2) is 24.3 Å². The van der Waals surface area contributed by atoms with Crippen molar-refractivity contribution in [1.29, 1.82) is 0 Å². The smallest absolute Gasteiger partial charge is 0.315 e. The van der Waals surface area contributed by atoms with Gasteiger partial charge in [0, 0.05) is 19.7 Å². The van der Waals surface area contributed by atoms with Gasteiger partial charge in [0.05, 0.1) is 0 Å². The number of aryl methyl sites for hydroxylation is 1. The summed E-state index contributed by atoms with van der Waals surface area (Å²) in [5, 5.41) is 14.8. The first kappa shape index (κ1) is 17.5. The Balaban J connectivity index is 2.30. The molecule has 0 aliphatic rings. The Morgan fingerprint density at radius 3 is 2.43 bits per heavy atom. The number of aliphatic hydroxyl groups is 1. The fourth-order valence-electron chi connectivity index (χ4n) is 2.34. The molecular formula is C17H28N2O2. The van der Waals surface area contributed by atoms with Gasteiger partial charge in [0.2, 0.25) is 0 Å². The molecule has 2 amide bonds. The summed E-state index contributed by atoms with van der Waals surface area (Å²) in [4.78, 5) is 11.8. The first-order valence-electron chi connectivity index (χ1n) is 7.69. The number of urea groups is 1. The predicted octanol–water partition coefficient (Wildman–Crippen LogP) is 2.84. The molecular weight excluding hydrogens is 264 g/mol. The second-order valence-corrected chi connectivity index (χ2v) is 6.06. The first-order chi connectivity index (χ1) is 10.0. The highest BCUT2D eigenvalue weighted by molar-refractivity contribution is 5.73. The van der Waals surface area contributed by atoms with Crippen molar-refractivity contribution in [3.63, 3.8) is 0 Å². The fourth-order valence-corrected chi connectivity index (χ4v) is 2.34. The van der Waals surface area contributed by atoms with Crippen LogP contribution in [-0.2, 0) is 6.54 Å². The van der Waals surface area contributed by atoms with Crippen molar-refractivity contribution in [2.24, 2.45) is 11.8 Å². The first-order valence-corrected chi connectivity index (χ1v) is 7.69. The van der Waals surface area contributed by atoms with E-state index >= 15 is 0 Å². The maximum atomic E-state index is 11.8. The SMILES string of the molecule is Cc1ccc(CNC(=O)NCC(CCO)CC(C)C)cc1. The number of amides is 2. The van der Waals surface area contributed by atoms with Crippen LogP contribution >= 0.6 is 0 Å². The molecule has 21 heavy (non-hydrogen) atoms. The third-order valence-electron chi connectivity index (χ3n) is 3.47. The van der Waals surface area contributed by atoms with E-state index in [0.717, 1.165) is 18.4 Å². The highest BCUT2D eigenvalue weighted by Gasteiger charge is 2.11. The Morgan fingerprint density at radius 2 is 1.86 bits per heavy atom. The van der Waals surface area contributed by atoms with Crippen LogP contribution in [0.3, 0.4) is 0 Å². The lowest BCUT2D eigenvalue weighted by Crippen LogP contribution is -2.38. The zero-order valence-electron chi connectivity index (χ0n) is 13.4. The second kappa shape index (κ2) is 9.40. The van der Waals surface area contributed by atoms with Gasteiger partial charge >= 0.3 is 6.03 Å². The summed E-state index contributed by atoms with van der Waals surface area (Å²) in [6.07, 6.45) is 1.75. The van der Waals surface area contributed by atoms with Gasteiger partial charge in [-0.3, -0.25) is 0 Å². The maximum Gasteiger partial charge on any atom is 0.315 e. The van der Waals surface area contributed by atoms with E-state index in [9.17, 15) is 4.79 Å². The molecule has 1 aromatic carbocycles. The second-order valence-electron chi connectivity index (χ2n) is 6.06. The van der Waals surface area contributed by atoms with E-state index in [4.69, 9.17) is 5.11 Å². The summed E-state index contributed by atoms with van der Waals surface area (Å²) >= 11 is 0. The Labute approximate surface area is 128 Å². The standard InChI is InChI=1S/C17H28N2O2/c1-13(2)10-16(8-9-20)12-19-17(21)18-11-15-6-4-14(3)5-7-15/h4-7,13,16,20H,8-12H2,1-3H3,(H2,18,19,21). The fraction of sp³-hybridized carbons (Fsp3) is 0.588. The quantitative estimate of drug-likeness (QED) is 0.690. The summed E-state index contributed by atoms with van der Waals surface area (Å²) in [7, 11) is 0. The number of carbonyl (C=O) groups is 1. The van der Waals surface area contributed by atoms with Crippen molar-refractivity contribution in [2.75, 3.05) is 13.2 Å². The van der Waals surface area contributed by atoms with Crippen molar-refractivity contribution in [1.82, 2.24) is 10.6 Å². The van der Waals surface area contributed by atoms with E-state index in [1.54, 1.807) is 0 Å². The molecule has 1 unspecified atom stereocenters. The molecule has 1 atom stereocenters. The molecule has 0 saturated heterocycles. The third kappa shape index (κ3) is 7.71. The minimum absolute atomic E-state index is 0.151. The highest BCUT2D eigenvalue weighted by atomic mass is 16.3. The molecule has 0 fully saturated rings. The third-order valence-corrected chi connectivity index (χ3v) is 3.47. The predicted molar refractivity (Wildman–Crippen MR) is 86.1 cm³/mol. The lowest BCUT2D eigenvalue weighted by molar-refractivity contribution is 0.225. The normalized spacial score (nSPS) is 12.2. The van der Waals surface area contributed by atoms with Crippen LogP contribution in [0.25, 0.3) is 0 Å². The van der Waals surface area contributed by atoms with Crippen LogP contribution < -0.4 is 10.6 Å². The van der Waals surface area contributed by atoms with Crippen LogP contribution in [0.4, 0.5) is 4.79 Å². The monoisotopic (exact) mass is 292 g/mol. The lowest BCUT2D eigenvalue weighted by Gasteiger charge is -2.18. The number of hydrogen-bond acceptors (Lipinski definition) is 2. The number of rotatable bonds is 8. The molecule has 1 rings (SSSR count). The number of carbonyl (C=O) groups excluding carboxylic acids is 1. The summed E-state index contributed by atoms with van der Waals surface area (Å²) < 4.78 is 0. The molecule has 4 heteroatoms. The van der Waals surface area contributed by atoms with Gasteiger partial charge < -0.3 is 15.7 Å². The number of hydrogen-bond donors (Lipinski definition) is 3. The van der Waals surface area contributed by atoms with Gasteiger partial charge in [-0.15, -0.1) is 0 Å². The van der Waals surface area contributed by atoms with Gasteiger partial charge in [-0.2, -0.15) is 0 Å². The molecule has 1 aromatic rings. The van der Waals surface area contributed by atoms with Crippen molar-refractivity contribution in [2.45, 2.75) is 40.2 Å². The number of benzene rings is 1. The Hall–Kier alpha value is -1.55. The van der Waals surface area contributed by atoms with Crippen molar-refractivity contribution < 1.29 is 9.90 Å². The summed E-state index contributed by atoms with van der Waals surface area (Å²) in [5.74, 6) is 0.902. The van der Waals surface area contributed by atoms with Crippen LogP contribution in [0.1, 0.15) is 37.8 Å². The van der Waals surface area contributed by atoms with Gasteiger partial charge in [0.15, 0.2) is 0 Å². The zero-order valence-corrected chi connectivity index (χ0v) is 13.4. The lowest BCUT2D eigenvalue weighted by atomic mass is 9.94. The topological polar surface area (TPSA) is 61.4 Å². The molecule has 0 aliphatic carbocycles. The highest BCUT2D eigenvalue weighted by Crippen LogP contribution is 2.14. The van der Waals surface area contributed by atoms with Crippen molar-refractivity contribution >= 4 is 6.03 Å². The van der Waals surface area contributed by atoms with Gasteiger partial charge in [0.25, 0.3) is 0 Å². The summed E-state index contributed by atoms with van der Waals surface area (Å²) in [6, 6.07) is 7.96. The van der Waals surface area contributed by atoms with Crippen molar-refractivity contribution in [3.8, 4) is 0 Å². The van der Waals surface area contributed by atoms with E-state index in [0.29, 0.717) is 24.9 Å². The van der Waals surface area contributed by atoms with E-state index in [-0.39, 0.29) is 12.6 Å². The molecule has 0 aromatic heterocycles. The van der Waals surface area contributed by atoms with Gasteiger partial charge in [-0.1, -0.05) is 43.7 Å². The van der Waals surface area contributed by atoms with E-state index in [2.05, 4.69) is 24.5 Å². The molecule has 0 saturated carbocycles. The van der Waals surface area contributed by atoms with Crippen LogP contribution in [0.5, 0.6) is 0 Å². The zero-order chi connectivity index (χ0) is 15.7. The average Bonchev–Trinajstić information content (AvgIpc) is 2.44. The molecule has 4 nitrogen and oxygen atoms in total. The Morgan fingerprint density at radius 1 is 1.19 bits per heavy atom. The maximum absolute atomic E-state index is 11.8. The van der Waals surface area contributed by atoms with Gasteiger partial charge in [0.1, 0.15) is 0 Å². The van der Waals surface area contributed by atoms with Crippen LogP contribution in [0.2, 0.25) is 0 Å². The van der Waals surface area contributed by atoms with E-state index in [1.807, 2.05) is 31.2 Å². The van der Waals surface area contributed by atoms with Gasteiger partial charge in [-0.25, -0.2) is 4.79 Å². The minimum Gasteiger partial charge on any atom is -0.396 e. The minimum atomic E-state index is -0.151. The molecule has 0 heterocycles. The number of nitrogens with one attached hydrogen (secondary N) is 2. The largest absolute Gasteiger partial charge is 0.396 e. The molecule has 0 spiro atoms. The van der Waals surface area contributed by atoms with Gasteiger partial charge in [-0.05, 0) is 37.2 Å². The van der Waals surface area contributed by atoms with Crippen LogP contribution in [0.15, 0.2) is 24.3 Å². The molecule has 0 aliphatic heterocycles. The molecule has 3 N–H and O–H groups in total. The van der Waals surface area contributed by atoms with Crippen molar-refractivity contribution in [3.05, 3.63) is 35.4 Å². The Kier molecular flexibility index (Phi) is 7.83. The number of aliphatic hydroxyl groups excluding tert-OH is 1. The van der Waals surface area contributed by atoms with E-state index < -0.39 is 0 Å². The van der Waals surface area contributed by atoms with Crippen LogP contribution in [0, 0.1) is 18.8 Å². The Bertz CT molecular complexity index is 415. The molecule has 0 radical (unpaired) electrons. The average molecular weight is 292 g/mol.